The van der Waals surface area contributed by atoms with Gasteiger partial charge in [0.2, 0.25) is 0 Å². The zero-order valence-electron chi connectivity index (χ0n) is 12.6. The van der Waals surface area contributed by atoms with Gasteiger partial charge in [-0.1, -0.05) is 25.1 Å². The number of fused-ring (bicyclic) bond motifs is 1. The maximum absolute atomic E-state index is 5.77. The second kappa shape index (κ2) is 6.15. The van der Waals surface area contributed by atoms with Crippen LogP contribution in [0.25, 0.3) is 0 Å². The van der Waals surface area contributed by atoms with Crippen LogP contribution < -0.4 is 10.1 Å². The van der Waals surface area contributed by atoms with Crippen LogP contribution in [0.1, 0.15) is 31.2 Å². The number of nitrogens with zero attached hydrogens (tertiary/aromatic N) is 1. The summed E-state index contributed by atoms with van der Waals surface area (Å²) in [6.45, 7) is 6.84. The van der Waals surface area contributed by atoms with Crippen LogP contribution in [0.3, 0.4) is 0 Å². The smallest absolute Gasteiger partial charge is 0.122 e. The van der Waals surface area contributed by atoms with E-state index in [9.17, 15) is 0 Å². The Morgan fingerprint density at radius 1 is 1.30 bits per heavy atom. The van der Waals surface area contributed by atoms with E-state index in [0.717, 1.165) is 24.7 Å². The van der Waals surface area contributed by atoms with Crippen molar-refractivity contribution in [2.45, 2.75) is 31.7 Å². The molecule has 0 radical (unpaired) electrons. The molecule has 2 aliphatic rings. The van der Waals surface area contributed by atoms with E-state index in [2.05, 4.69) is 48.5 Å². The molecular weight excluding hydrogens is 248 g/mol. The number of nitrogens with one attached hydrogen (secondary N) is 1. The summed E-state index contributed by atoms with van der Waals surface area (Å²) in [7, 11) is 2.09. The van der Waals surface area contributed by atoms with Gasteiger partial charge in [-0.3, -0.25) is 0 Å². The van der Waals surface area contributed by atoms with Gasteiger partial charge in [0, 0.05) is 25.0 Å². The van der Waals surface area contributed by atoms with Crippen LogP contribution >= 0.6 is 0 Å². The second-order valence-electron chi connectivity index (χ2n) is 6.29. The van der Waals surface area contributed by atoms with Crippen molar-refractivity contribution < 1.29 is 4.74 Å². The van der Waals surface area contributed by atoms with Gasteiger partial charge in [-0.05, 0) is 44.0 Å². The molecule has 0 bridgehead atoms. The fraction of sp³-hybridized carbons (Fsp3) is 0.647. The Hall–Kier alpha value is -1.06. The van der Waals surface area contributed by atoms with Crippen LogP contribution in [0, 0.1) is 5.92 Å². The lowest BCUT2D eigenvalue weighted by Gasteiger charge is -2.39. The molecule has 0 spiro atoms. The molecule has 3 nitrogen and oxygen atoms in total. The van der Waals surface area contributed by atoms with E-state index in [-0.39, 0.29) is 0 Å². The zero-order chi connectivity index (χ0) is 13.9. The van der Waals surface area contributed by atoms with E-state index in [1.54, 1.807) is 0 Å². The molecule has 20 heavy (non-hydrogen) atoms. The van der Waals surface area contributed by atoms with Crippen LogP contribution in [-0.4, -0.2) is 44.2 Å². The average molecular weight is 274 g/mol. The Morgan fingerprint density at radius 3 is 2.95 bits per heavy atom. The summed E-state index contributed by atoms with van der Waals surface area (Å²) in [5.74, 6) is 2.48. The maximum atomic E-state index is 5.77. The van der Waals surface area contributed by atoms with E-state index in [4.69, 9.17) is 4.74 Å². The molecule has 2 aliphatic heterocycles. The zero-order valence-corrected chi connectivity index (χ0v) is 12.6. The van der Waals surface area contributed by atoms with Crippen LogP contribution in [0.15, 0.2) is 24.3 Å². The lowest BCUT2D eigenvalue weighted by Crippen LogP contribution is -2.48. The van der Waals surface area contributed by atoms with Gasteiger partial charge >= 0.3 is 0 Å². The molecule has 3 atom stereocenters. The van der Waals surface area contributed by atoms with E-state index in [1.165, 1.54) is 31.6 Å². The number of ether oxygens (including phenoxy) is 1. The predicted molar refractivity (Wildman–Crippen MR) is 82.4 cm³/mol. The predicted octanol–water partition coefficient (Wildman–Crippen LogP) is 2.48. The number of piperidine rings is 1. The highest BCUT2D eigenvalue weighted by molar-refractivity contribution is 5.37. The van der Waals surface area contributed by atoms with Gasteiger partial charge in [0.25, 0.3) is 0 Å². The molecule has 0 aromatic heterocycles. The number of hydrogen-bond acceptors (Lipinski definition) is 3. The van der Waals surface area contributed by atoms with Crippen molar-refractivity contribution in [2.24, 2.45) is 5.92 Å². The highest BCUT2D eigenvalue weighted by Crippen LogP contribution is 2.34. The SMILES string of the molecule is CNC1CCN(CC2CCOc3ccccc32)CC1C. The highest BCUT2D eigenvalue weighted by atomic mass is 16.5. The first-order valence-electron chi connectivity index (χ1n) is 7.89. The molecular formula is C17H26N2O. The maximum Gasteiger partial charge on any atom is 0.122 e. The average Bonchev–Trinajstić information content (AvgIpc) is 2.48. The minimum atomic E-state index is 0.637. The molecule has 3 heteroatoms. The van der Waals surface area contributed by atoms with Gasteiger partial charge in [-0.25, -0.2) is 0 Å². The first-order valence-corrected chi connectivity index (χ1v) is 7.89. The largest absolute Gasteiger partial charge is 0.493 e. The quantitative estimate of drug-likeness (QED) is 0.916. The van der Waals surface area contributed by atoms with Gasteiger partial charge in [-0.2, -0.15) is 0 Å². The van der Waals surface area contributed by atoms with E-state index in [0.29, 0.717) is 12.0 Å². The molecule has 0 aliphatic carbocycles. The number of benzene rings is 1. The van der Waals surface area contributed by atoms with Crippen LogP contribution in [0.5, 0.6) is 5.75 Å². The fourth-order valence-corrected chi connectivity index (χ4v) is 3.74. The fourth-order valence-electron chi connectivity index (χ4n) is 3.74. The molecule has 1 N–H and O–H groups in total. The Kier molecular flexibility index (Phi) is 4.27. The van der Waals surface area contributed by atoms with E-state index >= 15 is 0 Å². The van der Waals surface area contributed by atoms with Crippen molar-refractivity contribution in [3.8, 4) is 5.75 Å². The number of rotatable bonds is 3. The molecule has 0 saturated carbocycles. The Labute approximate surface area is 122 Å². The van der Waals surface area contributed by atoms with Gasteiger partial charge in [0.1, 0.15) is 5.75 Å². The molecule has 1 aromatic carbocycles. The van der Waals surface area contributed by atoms with E-state index in [1.807, 2.05) is 0 Å². The van der Waals surface area contributed by atoms with Crippen LogP contribution in [-0.2, 0) is 0 Å². The molecule has 0 amide bonds. The summed E-state index contributed by atoms with van der Waals surface area (Å²) in [6, 6.07) is 9.24. The third-order valence-corrected chi connectivity index (χ3v) is 4.92. The van der Waals surface area contributed by atoms with Crippen molar-refractivity contribution in [1.29, 1.82) is 0 Å². The minimum Gasteiger partial charge on any atom is -0.493 e. The van der Waals surface area contributed by atoms with E-state index < -0.39 is 0 Å². The first-order chi connectivity index (χ1) is 9.78. The topological polar surface area (TPSA) is 24.5 Å². The third kappa shape index (κ3) is 2.84. The lowest BCUT2D eigenvalue weighted by molar-refractivity contribution is 0.134. The summed E-state index contributed by atoms with van der Waals surface area (Å²) in [6.07, 6.45) is 2.42. The molecule has 2 heterocycles. The third-order valence-electron chi connectivity index (χ3n) is 4.92. The monoisotopic (exact) mass is 274 g/mol. The van der Waals surface area contributed by atoms with Crippen molar-refractivity contribution in [2.75, 3.05) is 33.3 Å². The second-order valence-corrected chi connectivity index (χ2v) is 6.29. The minimum absolute atomic E-state index is 0.637. The molecule has 1 fully saturated rings. The number of likely N-dealkylation sites (tertiary alicyclic amines) is 1. The molecule has 110 valence electrons. The van der Waals surface area contributed by atoms with Crippen molar-refractivity contribution >= 4 is 0 Å². The lowest BCUT2D eigenvalue weighted by atomic mass is 9.89. The number of para-hydroxylation sites is 1. The van der Waals surface area contributed by atoms with Crippen molar-refractivity contribution in [3.63, 3.8) is 0 Å². The molecule has 1 saturated heterocycles. The summed E-state index contributed by atoms with van der Waals surface area (Å²) in [5.41, 5.74) is 1.40. The Bertz CT molecular complexity index is 448. The first kappa shape index (κ1) is 13.9. The van der Waals surface area contributed by atoms with Gasteiger partial charge in [0.15, 0.2) is 0 Å². The standard InChI is InChI=1S/C17H26N2O/c1-13-11-19(9-7-16(13)18-2)12-14-8-10-20-17-6-4-3-5-15(14)17/h3-6,13-14,16,18H,7-12H2,1-2H3. The van der Waals surface area contributed by atoms with Crippen LogP contribution in [0.4, 0.5) is 0 Å². The van der Waals surface area contributed by atoms with Gasteiger partial charge in [0.05, 0.1) is 6.61 Å². The van der Waals surface area contributed by atoms with Crippen molar-refractivity contribution in [1.82, 2.24) is 10.2 Å². The Balaban J connectivity index is 1.65. The molecule has 1 aromatic rings. The highest BCUT2D eigenvalue weighted by Gasteiger charge is 2.28. The molecule has 3 unspecified atom stereocenters. The van der Waals surface area contributed by atoms with Crippen molar-refractivity contribution in [3.05, 3.63) is 29.8 Å². The Morgan fingerprint density at radius 2 is 2.15 bits per heavy atom. The summed E-state index contributed by atoms with van der Waals surface area (Å²) >= 11 is 0. The summed E-state index contributed by atoms with van der Waals surface area (Å²) in [5, 5.41) is 3.45. The van der Waals surface area contributed by atoms with Gasteiger partial charge < -0.3 is 15.0 Å². The van der Waals surface area contributed by atoms with Crippen LogP contribution in [0.2, 0.25) is 0 Å². The molecule has 3 rings (SSSR count). The summed E-state index contributed by atoms with van der Waals surface area (Å²) in [4.78, 5) is 2.64. The normalized spacial score (nSPS) is 30.6. The summed E-state index contributed by atoms with van der Waals surface area (Å²) < 4.78 is 5.77. The number of hydrogen-bond donors (Lipinski definition) is 1. The van der Waals surface area contributed by atoms with Gasteiger partial charge in [-0.15, -0.1) is 0 Å².